The van der Waals surface area contributed by atoms with Gasteiger partial charge in [-0.25, -0.2) is 8.42 Å². The molecule has 2 aliphatic rings. The number of thiophene rings is 1. The Morgan fingerprint density at radius 3 is 2.85 bits per heavy atom. The van der Waals surface area contributed by atoms with Crippen molar-refractivity contribution in [3.63, 3.8) is 0 Å². The van der Waals surface area contributed by atoms with E-state index in [1.807, 2.05) is 13.0 Å². The number of nitrogens with one attached hydrogen (secondary N) is 1. The number of rotatable bonds is 5. The normalized spacial score (nSPS) is 26.5. The molecule has 2 unspecified atom stereocenters. The molecule has 112 valence electrons. The van der Waals surface area contributed by atoms with Crippen LogP contribution in [0.3, 0.4) is 0 Å². The molecule has 1 aliphatic carbocycles. The molecule has 2 fully saturated rings. The van der Waals surface area contributed by atoms with Gasteiger partial charge >= 0.3 is 0 Å². The second-order valence-corrected chi connectivity index (χ2v) is 9.02. The minimum atomic E-state index is -3.29. The molecule has 0 spiro atoms. The molecule has 20 heavy (non-hydrogen) atoms. The summed E-state index contributed by atoms with van der Waals surface area (Å²) >= 11 is 1.59. The summed E-state index contributed by atoms with van der Waals surface area (Å²) in [6, 6.07) is 2.12. The predicted octanol–water partition coefficient (Wildman–Crippen LogP) is 2.34. The smallest absolute Gasteiger partial charge is 0.244 e. The lowest BCUT2D eigenvalue weighted by Gasteiger charge is -2.26. The van der Waals surface area contributed by atoms with Crippen LogP contribution in [0.1, 0.15) is 35.9 Å². The third-order valence-corrected chi connectivity index (χ3v) is 7.64. The van der Waals surface area contributed by atoms with E-state index < -0.39 is 10.0 Å². The molecule has 2 bridgehead atoms. The first-order chi connectivity index (χ1) is 9.52. The maximum Gasteiger partial charge on any atom is 0.244 e. The fourth-order valence-corrected chi connectivity index (χ4v) is 6.73. The molecule has 1 saturated heterocycles. The summed E-state index contributed by atoms with van der Waals surface area (Å²) in [4.78, 5) is 2.55. The highest BCUT2D eigenvalue weighted by Crippen LogP contribution is 2.41. The molecule has 0 aromatic carbocycles. The second-order valence-electron chi connectivity index (χ2n) is 5.82. The zero-order valence-corrected chi connectivity index (χ0v) is 13.7. The zero-order chi connectivity index (χ0) is 14.3. The van der Waals surface area contributed by atoms with E-state index in [-0.39, 0.29) is 6.04 Å². The van der Waals surface area contributed by atoms with Crippen molar-refractivity contribution in [2.45, 2.75) is 50.6 Å². The van der Waals surface area contributed by atoms with Crippen LogP contribution in [0.4, 0.5) is 0 Å². The van der Waals surface area contributed by atoms with Crippen LogP contribution < -0.4 is 5.32 Å². The standard InChI is InChI=1S/C14H22N2O2S2/c1-3-15-8-13-7-14(10(2)19-13)20(17,18)16-9-11-4-5-12(16)6-11/h7,11-12,15H,3-6,8-9H2,1-2H3. The summed E-state index contributed by atoms with van der Waals surface area (Å²) in [7, 11) is -3.29. The van der Waals surface area contributed by atoms with Gasteiger partial charge in [0, 0.05) is 28.9 Å². The number of hydrogen-bond donors (Lipinski definition) is 1. The SMILES string of the molecule is CCNCc1cc(S(=O)(=O)N2CC3CCC2C3)c(C)s1. The van der Waals surface area contributed by atoms with Crippen molar-refractivity contribution in [2.24, 2.45) is 5.92 Å². The summed E-state index contributed by atoms with van der Waals surface area (Å²) in [6.07, 6.45) is 3.30. The fourth-order valence-electron chi connectivity index (χ4n) is 3.42. The molecular weight excluding hydrogens is 292 g/mol. The Hall–Kier alpha value is -0.430. The Morgan fingerprint density at radius 2 is 2.25 bits per heavy atom. The Morgan fingerprint density at radius 1 is 1.45 bits per heavy atom. The molecule has 2 heterocycles. The topological polar surface area (TPSA) is 49.4 Å². The van der Waals surface area contributed by atoms with Crippen LogP contribution in [0.2, 0.25) is 0 Å². The third kappa shape index (κ3) is 2.43. The van der Waals surface area contributed by atoms with Crippen LogP contribution in [0.15, 0.2) is 11.0 Å². The zero-order valence-electron chi connectivity index (χ0n) is 12.1. The Kier molecular flexibility index (Phi) is 3.92. The minimum Gasteiger partial charge on any atom is -0.312 e. The first-order valence-electron chi connectivity index (χ1n) is 7.34. The number of piperidine rings is 1. The number of fused-ring (bicyclic) bond motifs is 2. The van der Waals surface area contributed by atoms with E-state index in [9.17, 15) is 8.42 Å². The van der Waals surface area contributed by atoms with E-state index >= 15 is 0 Å². The lowest BCUT2D eigenvalue weighted by Crippen LogP contribution is -2.37. The number of aryl methyl sites for hydroxylation is 1. The highest BCUT2D eigenvalue weighted by Gasteiger charge is 2.44. The van der Waals surface area contributed by atoms with Crippen molar-refractivity contribution in [1.29, 1.82) is 0 Å². The molecular formula is C14H22N2O2S2. The largest absolute Gasteiger partial charge is 0.312 e. The van der Waals surface area contributed by atoms with Gasteiger partial charge in [0.15, 0.2) is 0 Å². The van der Waals surface area contributed by atoms with Crippen LogP contribution in [0.25, 0.3) is 0 Å². The Bertz CT molecular complexity index is 594. The minimum absolute atomic E-state index is 0.251. The first-order valence-corrected chi connectivity index (χ1v) is 9.60. The summed E-state index contributed by atoms with van der Waals surface area (Å²) in [5.41, 5.74) is 0. The molecule has 0 amide bonds. The number of nitrogens with zero attached hydrogens (tertiary/aromatic N) is 1. The Balaban J connectivity index is 1.86. The molecule has 1 aromatic rings. The van der Waals surface area contributed by atoms with Gasteiger partial charge < -0.3 is 5.32 Å². The van der Waals surface area contributed by atoms with Crippen LogP contribution in [0, 0.1) is 12.8 Å². The fraction of sp³-hybridized carbons (Fsp3) is 0.714. The van der Waals surface area contributed by atoms with E-state index in [4.69, 9.17) is 0 Å². The molecule has 1 N–H and O–H groups in total. The van der Waals surface area contributed by atoms with Crippen molar-refractivity contribution in [3.8, 4) is 0 Å². The molecule has 4 nitrogen and oxygen atoms in total. The molecule has 1 aromatic heterocycles. The van der Waals surface area contributed by atoms with Gasteiger partial charge in [-0.1, -0.05) is 6.92 Å². The highest BCUT2D eigenvalue weighted by molar-refractivity contribution is 7.89. The third-order valence-electron chi connectivity index (χ3n) is 4.42. The van der Waals surface area contributed by atoms with Gasteiger partial charge in [-0.3, -0.25) is 0 Å². The van der Waals surface area contributed by atoms with Gasteiger partial charge in [0.2, 0.25) is 10.0 Å². The molecule has 3 rings (SSSR count). The lowest BCUT2D eigenvalue weighted by molar-refractivity contribution is 0.333. The van der Waals surface area contributed by atoms with E-state index in [0.29, 0.717) is 10.8 Å². The van der Waals surface area contributed by atoms with Gasteiger partial charge in [-0.2, -0.15) is 4.31 Å². The van der Waals surface area contributed by atoms with Crippen molar-refractivity contribution < 1.29 is 8.42 Å². The molecule has 2 atom stereocenters. The molecule has 1 saturated carbocycles. The maximum atomic E-state index is 12.8. The number of hydrogen-bond acceptors (Lipinski definition) is 4. The quantitative estimate of drug-likeness (QED) is 0.907. The lowest BCUT2D eigenvalue weighted by atomic mass is 10.1. The highest BCUT2D eigenvalue weighted by atomic mass is 32.2. The summed E-state index contributed by atoms with van der Waals surface area (Å²) in [5.74, 6) is 0.593. The van der Waals surface area contributed by atoms with E-state index in [1.54, 1.807) is 15.6 Å². The van der Waals surface area contributed by atoms with Gasteiger partial charge in [0.25, 0.3) is 0 Å². The second kappa shape index (κ2) is 5.40. The summed E-state index contributed by atoms with van der Waals surface area (Å²) < 4.78 is 27.4. The average Bonchev–Trinajstić information content (AvgIpc) is 3.10. The van der Waals surface area contributed by atoms with Crippen LogP contribution in [0.5, 0.6) is 0 Å². The van der Waals surface area contributed by atoms with Crippen LogP contribution in [-0.2, 0) is 16.6 Å². The van der Waals surface area contributed by atoms with E-state index in [1.165, 1.54) is 6.42 Å². The van der Waals surface area contributed by atoms with Crippen molar-refractivity contribution in [3.05, 3.63) is 15.8 Å². The number of sulfonamides is 1. The summed E-state index contributed by atoms with van der Waals surface area (Å²) in [6.45, 7) is 6.35. The molecule has 6 heteroatoms. The molecule has 0 radical (unpaired) electrons. The Labute approximate surface area is 125 Å². The van der Waals surface area contributed by atoms with E-state index in [2.05, 4.69) is 12.2 Å². The van der Waals surface area contributed by atoms with Gasteiger partial charge in [-0.05, 0) is 44.7 Å². The maximum absolute atomic E-state index is 12.8. The van der Waals surface area contributed by atoms with Crippen molar-refractivity contribution >= 4 is 21.4 Å². The van der Waals surface area contributed by atoms with Crippen LogP contribution >= 0.6 is 11.3 Å². The average molecular weight is 314 g/mol. The molecule has 1 aliphatic heterocycles. The summed E-state index contributed by atoms with van der Waals surface area (Å²) in [5, 5.41) is 3.26. The predicted molar refractivity (Wildman–Crippen MR) is 81.5 cm³/mol. The van der Waals surface area contributed by atoms with Gasteiger partial charge in [0.1, 0.15) is 0 Å². The van der Waals surface area contributed by atoms with Crippen LogP contribution in [-0.4, -0.2) is 31.9 Å². The first kappa shape index (κ1) is 14.5. The van der Waals surface area contributed by atoms with Crippen molar-refractivity contribution in [1.82, 2.24) is 9.62 Å². The van der Waals surface area contributed by atoms with Gasteiger partial charge in [-0.15, -0.1) is 11.3 Å². The van der Waals surface area contributed by atoms with E-state index in [0.717, 1.165) is 42.2 Å². The van der Waals surface area contributed by atoms with Crippen molar-refractivity contribution in [2.75, 3.05) is 13.1 Å². The monoisotopic (exact) mass is 314 g/mol. The van der Waals surface area contributed by atoms with Gasteiger partial charge in [0.05, 0.1) is 4.90 Å².